The van der Waals surface area contributed by atoms with E-state index < -0.39 is 0 Å². The van der Waals surface area contributed by atoms with Crippen LogP contribution in [0.2, 0.25) is 0 Å². The Kier molecular flexibility index (Phi) is 7.18. The van der Waals surface area contributed by atoms with E-state index in [0.29, 0.717) is 12.1 Å². The van der Waals surface area contributed by atoms with Crippen molar-refractivity contribution < 1.29 is 4.79 Å². The van der Waals surface area contributed by atoms with Gasteiger partial charge in [0.25, 0.3) is 5.91 Å². The van der Waals surface area contributed by atoms with Gasteiger partial charge < -0.3 is 5.32 Å². The predicted octanol–water partition coefficient (Wildman–Crippen LogP) is 7.42. The van der Waals surface area contributed by atoms with Crippen molar-refractivity contribution in [3.63, 3.8) is 0 Å². The fourth-order valence-corrected chi connectivity index (χ4v) is 4.74. The number of pyridine rings is 1. The Balaban J connectivity index is 1.39. The SMILES string of the molecule is CCc1ccc(-c2cc(C(=O)NCCC(c3ccccc3)c3ccccc3)c3ccccc3n2)cc1. The van der Waals surface area contributed by atoms with Crippen molar-refractivity contribution in [1.29, 1.82) is 0 Å². The predicted molar refractivity (Wildman–Crippen MR) is 148 cm³/mol. The van der Waals surface area contributed by atoms with Crippen molar-refractivity contribution in [3.05, 3.63) is 138 Å². The Bertz CT molecular complexity index is 1400. The van der Waals surface area contributed by atoms with Crippen molar-refractivity contribution in [2.45, 2.75) is 25.7 Å². The molecule has 0 aliphatic carbocycles. The highest BCUT2D eigenvalue weighted by Gasteiger charge is 2.17. The molecule has 5 rings (SSSR count). The summed E-state index contributed by atoms with van der Waals surface area (Å²) < 4.78 is 0. The monoisotopic (exact) mass is 470 g/mol. The number of hydrogen-bond acceptors (Lipinski definition) is 2. The van der Waals surface area contributed by atoms with Gasteiger partial charge in [-0.05, 0) is 41.7 Å². The molecule has 0 saturated heterocycles. The largest absolute Gasteiger partial charge is 0.352 e. The number of rotatable bonds is 8. The van der Waals surface area contributed by atoms with Gasteiger partial charge in [0.05, 0.1) is 16.8 Å². The minimum Gasteiger partial charge on any atom is -0.352 e. The van der Waals surface area contributed by atoms with E-state index in [1.807, 2.05) is 42.5 Å². The van der Waals surface area contributed by atoms with Crippen LogP contribution in [-0.4, -0.2) is 17.4 Å². The van der Waals surface area contributed by atoms with Crippen molar-refractivity contribution >= 4 is 16.8 Å². The first-order chi connectivity index (χ1) is 17.7. The van der Waals surface area contributed by atoms with Gasteiger partial charge in [-0.3, -0.25) is 4.79 Å². The van der Waals surface area contributed by atoms with Gasteiger partial charge in [-0.2, -0.15) is 0 Å². The molecule has 0 radical (unpaired) electrons. The average molecular weight is 471 g/mol. The molecule has 0 atom stereocenters. The molecule has 1 amide bonds. The molecule has 0 fully saturated rings. The summed E-state index contributed by atoms with van der Waals surface area (Å²) in [7, 11) is 0. The first-order valence-electron chi connectivity index (χ1n) is 12.6. The second-order valence-corrected chi connectivity index (χ2v) is 9.04. The Morgan fingerprint density at radius 3 is 2.03 bits per heavy atom. The van der Waals surface area contributed by atoms with Crippen LogP contribution in [0.5, 0.6) is 0 Å². The topological polar surface area (TPSA) is 42.0 Å². The highest BCUT2D eigenvalue weighted by molar-refractivity contribution is 6.07. The summed E-state index contributed by atoms with van der Waals surface area (Å²) in [4.78, 5) is 18.3. The van der Waals surface area contributed by atoms with Crippen LogP contribution < -0.4 is 5.32 Å². The van der Waals surface area contributed by atoms with E-state index in [1.165, 1.54) is 16.7 Å². The molecule has 1 N–H and O–H groups in total. The lowest BCUT2D eigenvalue weighted by atomic mass is 9.88. The molecule has 0 bridgehead atoms. The van der Waals surface area contributed by atoms with E-state index in [-0.39, 0.29) is 11.8 Å². The van der Waals surface area contributed by atoms with Gasteiger partial charge in [0, 0.05) is 23.4 Å². The maximum absolute atomic E-state index is 13.5. The number of carbonyl (C=O) groups is 1. The van der Waals surface area contributed by atoms with Gasteiger partial charge in [0.1, 0.15) is 0 Å². The molecular weight excluding hydrogens is 440 g/mol. The van der Waals surface area contributed by atoms with Crippen LogP contribution in [0.25, 0.3) is 22.2 Å². The van der Waals surface area contributed by atoms with Crippen molar-refractivity contribution in [2.75, 3.05) is 6.54 Å². The molecule has 36 heavy (non-hydrogen) atoms. The highest BCUT2D eigenvalue weighted by Crippen LogP contribution is 2.28. The second kappa shape index (κ2) is 11.0. The zero-order valence-electron chi connectivity index (χ0n) is 20.5. The molecule has 0 saturated carbocycles. The smallest absolute Gasteiger partial charge is 0.252 e. The molecule has 0 spiro atoms. The van der Waals surface area contributed by atoms with E-state index in [1.54, 1.807) is 0 Å². The third-order valence-electron chi connectivity index (χ3n) is 6.74. The van der Waals surface area contributed by atoms with E-state index >= 15 is 0 Å². The summed E-state index contributed by atoms with van der Waals surface area (Å²) in [5, 5.41) is 4.06. The van der Waals surface area contributed by atoms with E-state index in [2.05, 4.69) is 85.0 Å². The second-order valence-electron chi connectivity index (χ2n) is 9.04. The Morgan fingerprint density at radius 1 is 0.778 bits per heavy atom. The molecule has 1 aromatic heterocycles. The number of fused-ring (bicyclic) bond motifs is 1. The van der Waals surface area contributed by atoms with Gasteiger partial charge in [-0.1, -0.05) is 110 Å². The molecule has 0 aliphatic rings. The van der Waals surface area contributed by atoms with Crippen LogP contribution in [0.1, 0.15) is 46.3 Å². The Morgan fingerprint density at radius 2 is 1.39 bits per heavy atom. The summed E-state index contributed by atoms with van der Waals surface area (Å²) in [6.07, 6.45) is 1.81. The minimum absolute atomic E-state index is 0.0695. The van der Waals surface area contributed by atoms with Crippen LogP contribution in [-0.2, 0) is 6.42 Å². The van der Waals surface area contributed by atoms with E-state index in [4.69, 9.17) is 4.98 Å². The maximum atomic E-state index is 13.5. The van der Waals surface area contributed by atoms with Crippen LogP contribution in [0.4, 0.5) is 0 Å². The molecule has 4 aromatic carbocycles. The van der Waals surface area contributed by atoms with Gasteiger partial charge in [-0.25, -0.2) is 4.98 Å². The quantitative estimate of drug-likeness (QED) is 0.256. The number of benzene rings is 4. The number of nitrogens with one attached hydrogen (secondary N) is 1. The van der Waals surface area contributed by atoms with Crippen molar-refractivity contribution in [1.82, 2.24) is 10.3 Å². The van der Waals surface area contributed by atoms with Crippen LogP contribution >= 0.6 is 0 Å². The standard InChI is InChI=1S/C33H30N2O/c1-2-24-17-19-27(20-18-24)32-23-30(29-15-9-10-16-31(29)35-32)33(36)34-22-21-28(25-11-5-3-6-12-25)26-13-7-4-8-14-26/h3-20,23,28H,2,21-22H2,1H3,(H,34,36). The third kappa shape index (κ3) is 5.21. The fraction of sp³-hybridized carbons (Fsp3) is 0.152. The van der Waals surface area contributed by atoms with Crippen molar-refractivity contribution in [3.8, 4) is 11.3 Å². The number of carbonyl (C=O) groups excluding carboxylic acids is 1. The molecule has 0 unspecified atom stereocenters. The lowest BCUT2D eigenvalue weighted by Crippen LogP contribution is -2.26. The third-order valence-corrected chi connectivity index (χ3v) is 6.74. The number of hydrogen-bond donors (Lipinski definition) is 1. The minimum atomic E-state index is -0.0695. The number of aryl methyl sites for hydroxylation is 1. The number of para-hydroxylation sites is 1. The highest BCUT2D eigenvalue weighted by atomic mass is 16.1. The first-order valence-corrected chi connectivity index (χ1v) is 12.6. The fourth-order valence-electron chi connectivity index (χ4n) is 4.74. The summed E-state index contributed by atoms with van der Waals surface area (Å²) in [5.74, 6) is 0.148. The van der Waals surface area contributed by atoms with E-state index in [0.717, 1.165) is 35.0 Å². The first kappa shape index (κ1) is 23.5. The molecular formula is C33H30N2O. The summed E-state index contributed by atoms with van der Waals surface area (Å²) in [6.45, 7) is 2.72. The number of nitrogens with zero attached hydrogens (tertiary/aromatic N) is 1. The van der Waals surface area contributed by atoms with Crippen LogP contribution in [0.15, 0.2) is 115 Å². The Labute approximate surface area is 212 Å². The molecule has 0 aliphatic heterocycles. The molecule has 3 heteroatoms. The molecule has 3 nitrogen and oxygen atoms in total. The molecule has 5 aromatic rings. The normalized spacial score (nSPS) is 11.1. The average Bonchev–Trinajstić information content (AvgIpc) is 2.95. The van der Waals surface area contributed by atoms with Crippen LogP contribution in [0.3, 0.4) is 0 Å². The zero-order chi connectivity index (χ0) is 24.7. The summed E-state index contributed by atoms with van der Waals surface area (Å²) >= 11 is 0. The van der Waals surface area contributed by atoms with Crippen LogP contribution in [0, 0.1) is 0 Å². The summed E-state index contributed by atoms with van der Waals surface area (Å²) in [6, 6.07) is 39.2. The number of amides is 1. The van der Waals surface area contributed by atoms with Gasteiger partial charge in [-0.15, -0.1) is 0 Å². The van der Waals surface area contributed by atoms with Gasteiger partial charge in [0.15, 0.2) is 0 Å². The lowest BCUT2D eigenvalue weighted by Gasteiger charge is -2.19. The maximum Gasteiger partial charge on any atom is 0.252 e. The zero-order valence-corrected chi connectivity index (χ0v) is 20.5. The number of aromatic nitrogens is 1. The molecule has 178 valence electrons. The van der Waals surface area contributed by atoms with Crippen molar-refractivity contribution in [2.24, 2.45) is 0 Å². The summed E-state index contributed by atoms with van der Waals surface area (Å²) in [5.41, 5.74) is 7.10. The Hall–Kier alpha value is -4.24. The van der Waals surface area contributed by atoms with Gasteiger partial charge >= 0.3 is 0 Å². The van der Waals surface area contributed by atoms with E-state index in [9.17, 15) is 4.79 Å². The molecule has 1 heterocycles. The van der Waals surface area contributed by atoms with Gasteiger partial charge in [0.2, 0.25) is 0 Å². The lowest BCUT2D eigenvalue weighted by molar-refractivity contribution is 0.0954.